The van der Waals surface area contributed by atoms with Gasteiger partial charge in [-0.15, -0.1) is 0 Å². The van der Waals surface area contributed by atoms with Crippen LogP contribution in [0.25, 0.3) is 5.57 Å². The number of hydrogen-bond donors (Lipinski definition) is 0. The Hall–Kier alpha value is -1.16. The number of thioether (sulfide) groups is 1. The van der Waals surface area contributed by atoms with Crippen LogP contribution in [0.3, 0.4) is 0 Å². The molecule has 0 radical (unpaired) electrons. The third kappa shape index (κ3) is 3.67. The Balaban J connectivity index is 2.13. The van der Waals surface area contributed by atoms with Gasteiger partial charge in [0.15, 0.2) is 0 Å². The van der Waals surface area contributed by atoms with Gasteiger partial charge in [-0.3, -0.25) is 0 Å². The summed E-state index contributed by atoms with van der Waals surface area (Å²) in [4.78, 5) is 0.231. The minimum absolute atomic E-state index is 0.0749. The lowest BCUT2D eigenvalue weighted by Gasteiger charge is -2.13. The maximum absolute atomic E-state index is 12.2. The van der Waals surface area contributed by atoms with Crippen molar-refractivity contribution in [1.29, 1.82) is 0 Å². The molecule has 1 aromatic carbocycles. The van der Waals surface area contributed by atoms with Gasteiger partial charge in [0.05, 0.1) is 0 Å². The molecule has 0 fully saturated rings. The van der Waals surface area contributed by atoms with E-state index in [4.69, 9.17) is 0 Å². The van der Waals surface area contributed by atoms with Crippen LogP contribution in [-0.4, -0.2) is 5.51 Å². The molecule has 0 nitrogen and oxygen atoms in total. The molecular weight excluding hydrogens is 257 g/mol. The van der Waals surface area contributed by atoms with Crippen molar-refractivity contribution in [1.82, 2.24) is 0 Å². The number of hydrogen-bond acceptors (Lipinski definition) is 1. The maximum Gasteiger partial charge on any atom is 0.446 e. The number of halogens is 3. The van der Waals surface area contributed by atoms with E-state index in [0.717, 1.165) is 18.4 Å². The molecule has 0 saturated carbocycles. The third-order valence-corrected chi connectivity index (χ3v) is 3.56. The minimum atomic E-state index is -4.22. The third-order valence-electron chi connectivity index (χ3n) is 2.82. The summed E-state index contributed by atoms with van der Waals surface area (Å²) in [7, 11) is 0. The lowest BCUT2D eigenvalue weighted by Crippen LogP contribution is -1.99. The zero-order chi connectivity index (χ0) is 13.2. The first-order valence-corrected chi connectivity index (χ1v) is 6.48. The molecule has 0 atom stereocenters. The highest BCUT2D eigenvalue weighted by Crippen LogP contribution is 2.37. The highest BCUT2D eigenvalue weighted by atomic mass is 32.2. The van der Waals surface area contributed by atoms with E-state index >= 15 is 0 Å². The second-order valence-corrected chi connectivity index (χ2v) is 5.42. The number of allylic oxidation sites excluding steroid dienone is 4. The molecule has 18 heavy (non-hydrogen) atoms. The lowest BCUT2D eigenvalue weighted by molar-refractivity contribution is -0.0328. The summed E-state index contributed by atoms with van der Waals surface area (Å²) in [6.07, 6.45) is 6.08. The lowest BCUT2D eigenvalue weighted by atomic mass is 9.94. The van der Waals surface area contributed by atoms with E-state index in [1.807, 2.05) is 6.08 Å². The summed E-state index contributed by atoms with van der Waals surface area (Å²) in [5.41, 5.74) is -0.691. The van der Waals surface area contributed by atoms with Crippen LogP contribution in [0.5, 0.6) is 0 Å². The Bertz CT molecular complexity index is 481. The average molecular weight is 270 g/mol. The zero-order valence-electron chi connectivity index (χ0n) is 9.92. The fraction of sp³-hybridized carbons (Fsp3) is 0.286. The molecule has 1 aromatic rings. The van der Waals surface area contributed by atoms with Crippen LogP contribution in [0.4, 0.5) is 13.2 Å². The highest BCUT2D eigenvalue weighted by Gasteiger charge is 2.29. The number of alkyl halides is 3. The van der Waals surface area contributed by atoms with Crippen LogP contribution in [0.2, 0.25) is 0 Å². The van der Waals surface area contributed by atoms with Gasteiger partial charge >= 0.3 is 5.51 Å². The van der Waals surface area contributed by atoms with Gasteiger partial charge in [0.1, 0.15) is 0 Å². The fourth-order valence-electron chi connectivity index (χ4n) is 1.85. The van der Waals surface area contributed by atoms with E-state index < -0.39 is 5.51 Å². The average Bonchev–Trinajstić information content (AvgIpc) is 2.29. The van der Waals surface area contributed by atoms with Crippen molar-refractivity contribution in [3.8, 4) is 0 Å². The highest BCUT2D eigenvalue weighted by molar-refractivity contribution is 8.00. The van der Waals surface area contributed by atoms with Crippen molar-refractivity contribution >= 4 is 17.3 Å². The maximum atomic E-state index is 12.2. The van der Waals surface area contributed by atoms with Gasteiger partial charge in [-0.1, -0.05) is 29.9 Å². The standard InChI is InChI=1S/C14H13F3S/c1-10-2-4-11(5-3-10)12-6-8-13(9-7-12)18-14(15,16)17/h2,4,6-9H,3,5H2,1H3. The molecule has 0 heterocycles. The Morgan fingerprint density at radius 3 is 2.17 bits per heavy atom. The molecule has 0 amide bonds. The van der Waals surface area contributed by atoms with Crippen molar-refractivity contribution in [2.45, 2.75) is 30.2 Å². The van der Waals surface area contributed by atoms with Crippen molar-refractivity contribution < 1.29 is 13.2 Å². The molecule has 96 valence electrons. The van der Waals surface area contributed by atoms with Crippen molar-refractivity contribution in [3.05, 3.63) is 47.6 Å². The van der Waals surface area contributed by atoms with Gasteiger partial charge in [-0.05, 0) is 54.8 Å². The molecule has 0 bridgehead atoms. The van der Waals surface area contributed by atoms with E-state index in [-0.39, 0.29) is 16.7 Å². The minimum Gasteiger partial charge on any atom is -0.160 e. The van der Waals surface area contributed by atoms with E-state index in [0.29, 0.717) is 0 Å². The molecule has 0 saturated heterocycles. The molecule has 1 aliphatic carbocycles. The van der Waals surface area contributed by atoms with E-state index in [9.17, 15) is 13.2 Å². The zero-order valence-corrected chi connectivity index (χ0v) is 10.7. The molecule has 1 aliphatic rings. The Kier molecular flexibility index (Phi) is 3.85. The second-order valence-electron chi connectivity index (χ2n) is 4.28. The molecule has 4 heteroatoms. The van der Waals surface area contributed by atoms with Gasteiger partial charge in [0.2, 0.25) is 0 Å². The van der Waals surface area contributed by atoms with E-state index in [2.05, 4.69) is 13.0 Å². The summed E-state index contributed by atoms with van der Waals surface area (Å²) in [5.74, 6) is 0. The first-order chi connectivity index (χ1) is 8.44. The van der Waals surface area contributed by atoms with Crippen LogP contribution in [0.1, 0.15) is 25.3 Å². The quantitative estimate of drug-likeness (QED) is 0.646. The van der Waals surface area contributed by atoms with Crippen molar-refractivity contribution in [2.75, 3.05) is 0 Å². The van der Waals surface area contributed by atoms with Gasteiger partial charge in [-0.25, -0.2) is 0 Å². The van der Waals surface area contributed by atoms with Gasteiger partial charge in [-0.2, -0.15) is 13.2 Å². The Labute approximate surface area is 109 Å². The predicted octanol–water partition coefficient (Wildman–Crippen LogP) is 5.42. The molecule has 0 spiro atoms. The first kappa shape index (κ1) is 13.3. The Morgan fingerprint density at radius 2 is 1.67 bits per heavy atom. The molecule has 0 N–H and O–H groups in total. The largest absolute Gasteiger partial charge is 0.446 e. The van der Waals surface area contributed by atoms with Crippen molar-refractivity contribution in [2.24, 2.45) is 0 Å². The number of benzene rings is 1. The first-order valence-electron chi connectivity index (χ1n) is 5.66. The normalized spacial score (nSPS) is 16.2. The summed E-state index contributed by atoms with van der Waals surface area (Å²) in [5, 5.41) is 0. The smallest absolute Gasteiger partial charge is 0.160 e. The van der Waals surface area contributed by atoms with Gasteiger partial charge in [0, 0.05) is 4.90 Å². The molecule has 0 aliphatic heterocycles. The van der Waals surface area contributed by atoms with Crippen LogP contribution < -0.4 is 0 Å². The Morgan fingerprint density at radius 1 is 1.00 bits per heavy atom. The predicted molar refractivity (Wildman–Crippen MR) is 69.3 cm³/mol. The molecular formula is C14H13F3S. The van der Waals surface area contributed by atoms with Gasteiger partial charge < -0.3 is 0 Å². The topological polar surface area (TPSA) is 0 Å². The van der Waals surface area contributed by atoms with Crippen LogP contribution >= 0.6 is 11.8 Å². The van der Waals surface area contributed by atoms with Gasteiger partial charge in [0.25, 0.3) is 0 Å². The molecule has 2 rings (SSSR count). The summed E-state index contributed by atoms with van der Waals surface area (Å²) in [6.45, 7) is 2.08. The van der Waals surface area contributed by atoms with E-state index in [1.54, 1.807) is 12.1 Å². The monoisotopic (exact) mass is 270 g/mol. The van der Waals surface area contributed by atoms with Crippen LogP contribution in [-0.2, 0) is 0 Å². The summed E-state index contributed by atoms with van der Waals surface area (Å²) >= 11 is -0.0749. The second kappa shape index (κ2) is 5.22. The van der Waals surface area contributed by atoms with E-state index in [1.165, 1.54) is 23.3 Å². The van der Waals surface area contributed by atoms with Crippen LogP contribution in [0.15, 0.2) is 46.9 Å². The SMILES string of the molecule is CC1=CC=C(c2ccc(SC(F)(F)F)cc2)CC1. The summed E-state index contributed by atoms with van der Waals surface area (Å²) in [6, 6.07) is 6.57. The fourth-order valence-corrected chi connectivity index (χ4v) is 2.39. The molecule has 0 aromatic heterocycles. The summed E-state index contributed by atoms with van der Waals surface area (Å²) < 4.78 is 36.6. The number of rotatable bonds is 2. The van der Waals surface area contributed by atoms with Crippen LogP contribution in [0, 0.1) is 0 Å². The molecule has 0 unspecified atom stereocenters. The van der Waals surface area contributed by atoms with Crippen molar-refractivity contribution in [3.63, 3.8) is 0 Å².